The van der Waals surface area contributed by atoms with Crippen molar-refractivity contribution in [3.8, 4) is 11.8 Å². The average Bonchev–Trinajstić information content (AvgIpc) is 3.22. The van der Waals surface area contributed by atoms with E-state index in [0.29, 0.717) is 17.9 Å². The second kappa shape index (κ2) is 12.1. The Bertz CT molecular complexity index is 1580. The maximum atomic E-state index is 15.9. The first kappa shape index (κ1) is 32.7. The first-order valence-electron chi connectivity index (χ1n) is 14.1. The van der Waals surface area contributed by atoms with E-state index < -0.39 is 41.0 Å². The maximum absolute atomic E-state index is 15.9. The van der Waals surface area contributed by atoms with E-state index >= 15 is 8.78 Å². The van der Waals surface area contributed by atoms with Gasteiger partial charge in [0.2, 0.25) is 5.91 Å². The zero-order valence-electron chi connectivity index (χ0n) is 25.4. The summed E-state index contributed by atoms with van der Waals surface area (Å²) in [5, 5.41) is 17.3. The molecule has 3 aromatic carbocycles. The minimum absolute atomic E-state index is 0.0212. The predicted octanol–water partition coefficient (Wildman–Crippen LogP) is 8.54. The van der Waals surface area contributed by atoms with Crippen molar-refractivity contribution in [1.29, 1.82) is 5.26 Å². The van der Waals surface area contributed by atoms with Gasteiger partial charge in [0, 0.05) is 22.5 Å². The maximum Gasteiger partial charge on any atom is 0.242 e. The van der Waals surface area contributed by atoms with Crippen LogP contribution in [0.1, 0.15) is 70.6 Å². The van der Waals surface area contributed by atoms with Gasteiger partial charge in [0.15, 0.2) is 0 Å². The fourth-order valence-corrected chi connectivity index (χ4v) is 6.37. The third kappa shape index (κ3) is 6.38. The van der Waals surface area contributed by atoms with Crippen LogP contribution in [0.2, 0.25) is 10.0 Å². The average molecular weight is 629 g/mol. The van der Waals surface area contributed by atoms with Crippen molar-refractivity contribution in [2.75, 3.05) is 12.4 Å². The van der Waals surface area contributed by atoms with Gasteiger partial charge in [-0.05, 0) is 58.7 Å². The van der Waals surface area contributed by atoms with E-state index in [-0.39, 0.29) is 32.0 Å². The van der Waals surface area contributed by atoms with Crippen LogP contribution < -0.4 is 15.4 Å². The van der Waals surface area contributed by atoms with Crippen LogP contribution in [0.4, 0.5) is 14.5 Å². The Labute approximate surface area is 262 Å². The number of hydrogen-bond donors (Lipinski definition) is 2. The highest BCUT2D eigenvalue weighted by molar-refractivity contribution is 6.31. The summed E-state index contributed by atoms with van der Waals surface area (Å²) in [5.74, 6) is -2.74. The Morgan fingerprint density at radius 2 is 1.77 bits per heavy atom. The molecule has 1 aliphatic heterocycles. The van der Waals surface area contributed by atoms with E-state index in [2.05, 4.69) is 37.5 Å². The van der Waals surface area contributed by atoms with Gasteiger partial charge < -0.3 is 15.4 Å². The number of nitriles is 1. The molecule has 43 heavy (non-hydrogen) atoms. The van der Waals surface area contributed by atoms with Gasteiger partial charge in [0.05, 0.1) is 29.9 Å². The first-order chi connectivity index (χ1) is 20.0. The van der Waals surface area contributed by atoms with Gasteiger partial charge in [-0.1, -0.05) is 89.0 Å². The lowest BCUT2D eigenvalue weighted by atomic mass is 9.62. The molecule has 5 nitrogen and oxygen atoms in total. The van der Waals surface area contributed by atoms with Crippen molar-refractivity contribution in [3.05, 3.63) is 93.0 Å². The van der Waals surface area contributed by atoms with Crippen molar-refractivity contribution in [2.45, 2.75) is 76.8 Å². The summed E-state index contributed by atoms with van der Waals surface area (Å²) in [6, 6.07) is 14.5. The minimum atomic E-state index is -1.71. The van der Waals surface area contributed by atoms with E-state index in [9.17, 15) is 10.1 Å². The molecule has 1 amide bonds. The van der Waals surface area contributed by atoms with Gasteiger partial charge in [-0.25, -0.2) is 8.78 Å². The van der Waals surface area contributed by atoms with Gasteiger partial charge in [-0.3, -0.25) is 4.79 Å². The first-order valence-corrected chi connectivity index (χ1v) is 14.8. The molecule has 228 valence electrons. The van der Waals surface area contributed by atoms with E-state index in [1.54, 1.807) is 12.1 Å². The van der Waals surface area contributed by atoms with Crippen LogP contribution in [0.25, 0.3) is 0 Å². The number of nitrogens with one attached hydrogen (secondary N) is 2. The Balaban J connectivity index is 1.94. The van der Waals surface area contributed by atoms with Gasteiger partial charge in [0.1, 0.15) is 22.8 Å². The second-order valence-electron chi connectivity index (χ2n) is 13.3. The minimum Gasteiger partial charge on any atom is -0.495 e. The molecule has 1 saturated heterocycles. The number of hydrogen-bond acceptors (Lipinski definition) is 4. The lowest BCUT2D eigenvalue weighted by molar-refractivity contribution is -0.118. The summed E-state index contributed by atoms with van der Waals surface area (Å²) >= 11 is 12.3. The molecular formula is C34H37Cl2F2N3O2. The monoisotopic (exact) mass is 627 g/mol. The highest BCUT2D eigenvalue weighted by Gasteiger charge is 2.61. The smallest absolute Gasteiger partial charge is 0.242 e. The zero-order valence-corrected chi connectivity index (χ0v) is 26.9. The molecule has 2 N–H and O–H groups in total. The van der Waals surface area contributed by atoms with Crippen LogP contribution in [0.3, 0.4) is 0 Å². The molecule has 1 fully saturated rings. The number of ether oxygens (including phenoxy) is 1. The standard InChI is InChI=1S/C34H37Cl2F2N3O2/c1-32(2,3)17-27-34(18-39,22-13-12-20(35)16-24(22)37)28(21-9-8-10-23(36)29(21)38)30(41-27)31(42)40-25-14-11-19(33(4,5)6)15-26(25)43-7/h8-16,27-28,30,41H,17H2,1-7H3,(H,40,42)/t27-,28-,30?,34-/m0/s1. The summed E-state index contributed by atoms with van der Waals surface area (Å²) in [5.41, 5.74) is -0.755. The molecule has 9 heteroatoms. The van der Waals surface area contributed by atoms with Crippen LogP contribution in [-0.4, -0.2) is 25.1 Å². The normalized spacial score (nSPS) is 22.2. The molecule has 1 unspecified atom stereocenters. The number of nitrogens with zero attached hydrogens (tertiary/aromatic N) is 1. The summed E-state index contributed by atoms with van der Waals surface area (Å²) < 4.78 is 37.3. The molecular weight excluding hydrogens is 591 g/mol. The number of anilines is 1. The fraction of sp³-hybridized carbons (Fsp3) is 0.412. The molecule has 0 saturated carbocycles. The summed E-state index contributed by atoms with van der Waals surface area (Å²) in [7, 11) is 1.51. The van der Waals surface area contributed by atoms with Crippen LogP contribution in [0, 0.1) is 28.4 Å². The van der Waals surface area contributed by atoms with Crippen molar-refractivity contribution < 1.29 is 18.3 Å². The molecule has 0 aliphatic carbocycles. The third-order valence-corrected chi connectivity index (χ3v) is 8.58. The molecule has 0 radical (unpaired) electrons. The quantitative estimate of drug-likeness (QED) is 0.287. The summed E-state index contributed by atoms with van der Waals surface area (Å²) in [6.07, 6.45) is 0.370. The molecule has 3 aromatic rings. The number of halogens is 4. The van der Waals surface area contributed by atoms with E-state index in [1.165, 1.54) is 31.4 Å². The van der Waals surface area contributed by atoms with Crippen LogP contribution >= 0.6 is 23.2 Å². The molecule has 4 rings (SSSR count). The Morgan fingerprint density at radius 1 is 1.07 bits per heavy atom. The van der Waals surface area contributed by atoms with E-state index in [0.717, 1.165) is 11.6 Å². The Kier molecular flexibility index (Phi) is 9.19. The fourth-order valence-electron chi connectivity index (χ4n) is 6.03. The van der Waals surface area contributed by atoms with Crippen molar-refractivity contribution in [1.82, 2.24) is 5.32 Å². The molecule has 0 spiro atoms. The molecule has 0 aromatic heterocycles. The summed E-state index contributed by atoms with van der Waals surface area (Å²) in [4.78, 5) is 14.2. The lowest BCUT2D eigenvalue weighted by Crippen LogP contribution is -2.45. The molecule has 4 atom stereocenters. The van der Waals surface area contributed by atoms with Crippen LogP contribution in [-0.2, 0) is 15.6 Å². The summed E-state index contributed by atoms with van der Waals surface area (Å²) in [6.45, 7) is 12.2. The Morgan fingerprint density at radius 3 is 2.35 bits per heavy atom. The van der Waals surface area contributed by atoms with Gasteiger partial charge in [-0.2, -0.15) is 5.26 Å². The van der Waals surface area contributed by atoms with Crippen molar-refractivity contribution >= 4 is 34.8 Å². The number of carbonyl (C=O) groups is 1. The second-order valence-corrected chi connectivity index (χ2v) is 14.2. The number of amides is 1. The molecule has 1 aliphatic rings. The predicted molar refractivity (Wildman–Crippen MR) is 168 cm³/mol. The molecule has 0 bridgehead atoms. The zero-order chi connectivity index (χ0) is 31.9. The third-order valence-electron chi connectivity index (χ3n) is 8.06. The molecule has 1 heterocycles. The van der Waals surface area contributed by atoms with E-state index in [1.807, 2.05) is 32.9 Å². The van der Waals surface area contributed by atoms with Gasteiger partial charge in [0.25, 0.3) is 0 Å². The van der Waals surface area contributed by atoms with Crippen molar-refractivity contribution in [3.63, 3.8) is 0 Å². The number of rotatable bonds is 6. The van der Waals surface area contributed by atoms with Crippen molar-refractivity contribution in [2.24, 2.45) is 5.41 Å². The highest BCUT2D eigenvalue weighted by Crippen LogP contribution is 2.53. The largest absolute Gasteiger partial charge is 0.495 e. The van der Waals surface area contributed by atoms with Gasteiger partial charge in [-0.15, -0.1) is 0 Å². The number of carbonyl (C=O) groups excluding carboxylic acids is 1. The number of methoxy groups -OCH3 is 1. The SMILES string of the molecule is COc1cc(C(C)(C)C)ccc1NC(=O)C1N[C@@H](CC(C)(C)C)[C@](C#N)(c2ccc(Cl)cc2F)[C@H]1c1cccc(Cl)c1F. The van der Waals surface area contributed by atoms with Crippen LogP contribution in [0.15, 0.2) is 54.6 Å². The topological polar surface area (TPSA) is 74.2 Å². The number of benzene rings is 3. The highest BCUT2D eigenvalue weighted by atomic mass is 35.5. The lowest BCUT2D eigenvalue weighted by Gasteiger charge is -2.37. The van der Waals surface area contributed by atoms with Crippen LogP contribution in [0.5, 0.6) is 5.75 Å². The van der Waals surface area contributed by atoms with Gasteiger partial charge >= 0.3 is 0 Å². The van der Waals surface area contributed by atoms with E-state index in [4.69, 9.17) is 27.9 Å². The Hall–Kier alpha value is -3.18.